The molecule has 0 atom stereocenters. The SMILES string of the molecule is OCCc1ccc(Oc2nc3cccnc3s2)cc1. The van der Waals surface area contributed by atoms with E-state index in [9.17, 15) is 0 Å². The van der Waals surface area contributed by atoms with Crippen molar-refractivity contribution in [2.75, 3.05) is 6.61 Å². The Bertz CT molecular complexity index is 646. The van der Waals surface area contributed by atoms with Gasteiger partial charge in [-0.25, -0.2) is 9.97 Å². The van der Waals surface area contributed by atoms with Gasteiger partial charge in [-0.2, -0.15) is 0 Å². The Kier molecular flexibility index (Phi) is 3.39. The van der Waals surface area contributed by atoms with Crippen molar-refractivity contribution in [3.63, 3.8) is 0 Å². The molecule has 5 heteroatoms. The molecule has 0 bridgehead atoms. The van der Waals surface area contributed by atoms with Gasteiger partial charge in [-0.05, 0) is 36.2 Å². The molecule has 2 heterocycles. The highest BCUT2D eigenvalue weighted by molar-refractivity contribution is 7.19. The minimum Gasteiger partial charge on any atom is -0.431 e. The zero-order valence-electron chi connectivity index (χ0n) is 10.1. The first-order valence-electron chi connectivity index (χ1n) is 5.94. The summed E-state index contributed by atoms with van der Waals surface area (Å²) in [6.07, 6.45) is 2.40. The second-order valence-corrected chi connectivity index (χ2v) is 4.97. The molecule has 0 aliphatic carbocycles. The summed E-state index contributed by atoms with van der Waals surface area (Å²) in [5.41, 5.74) is 1.93. The first kappa shape index (κ1) is 12.1. The molecule has 0 spiro atoms. The summed E-state index contributed by atoms with van der Waals surface area (Å²) < 4.78 is 5.70. The van der Waals surface area contributed by atoms with Crippen molar-refractivity contribution in [1.29, 1.82) is 0 Å². The Morgan fingerprint density at radius 2 is 2.00 bits per heavy atom. The second kappa shape index (κ2) is 5.34. The molecule has 3 rings (SSSR count). The van der Waals surface area contributed by atoms with E-state index in [4.69, 9.17) is 9.84 Å². The molecule has 96 valence electrons. The molecule has 1 N–H and O–H groups in total. The first-order chi connectivity index (χ1) is 9.35. The van der Waals surface area contributed by atoms with E-state index < -0.39 is 0 Å². The van der Waals surface area contributed by atoms with Crippen LogP contribution in [0, 0.1) is 0 Å². The van der Waals surface area contributed by atoms with Crippen molar-refractivity contribution in [2.24, 2.45) is 0 Å². The number of pyridine rings is 1. The lowest BCUT2D eigenvalue weighted by molar-refractivity contribution is 0.299. The smallest absolute Gasteiger partial charge is 0.281 e. The molecule has 0 fully saturated rings. The van der Waals surface area contributed by atoms with Gasteiger partial charge < -0.3 is 9.84 Å². The van der Waals surface area contributed by atoms with Crippen LogP contribution in [0.25, 0.3) is 10.3 Å². The Morgan fingerprint density at radius 3 is 2.74 bits per heavy atom. The number of aliphatic hydroxyl groups is 1. The van der Waals surface area contributed by atoms with Crippen molar-refractivity contribution in [3.8, 4) is 10.9 Å². The molecule has 3 aromatic rings. The summed E-state index contributed by atoms with van der Waals surface area (Å²) in [7, 11) is 0. The van der Waals surface area contributed by atoms with Gasteiger partial charge in [0.1, 0.15) is 16.1 Å². The van der Waals surface area contributed by atoms with Crippen molar-refractivity contribution >= 4 is 21.7 Å². The van der Waals surface area contributed by atoms with Crippen molar-refractivity contribution in [3.05, 3.63) is 48.2 Å². The maximum Gasteiger partial charge on any atom is 0.281 e. The molecule has 19 heavy (non-hydrogen) atoms. The summed E-state index contributed by atoms with van der Waals surface area (Å²) in [6, 6.07) is 11.4. The van der Waals surface area contributed by atoms with Crippen molar-refractivity contribution in [1.82, 2.24) is 9.97 Å². The average Bonchev–Trinajstić information content (AvgIpc) is 2.83. The monoisotopic (exact) mass is 272 g/mol. The Morgan fingerprint density at radius 1 is 1.16 bits per heavy atom. The number of aromatic nitrogens is 2. The van der Waals surface area contributed by atoms with Crippen LogP contribution in [0.2, 0.25) is 0 Å². The van der Waals surface area contributed by atoms with E-state index in [2.05, 4.69) is 9.97 Å². The number of fused-ring (bicyclic) bond motifs is 1. The predicted molar refractivity (Wildman–Crippen MR) is 74.7 cm³/mol. The lowest BCUT2D eigenvalue weighted by Crippen LogP contribution is -1.90. The zero-order valence-corrected chi connectivity index (χ0v) is 10.9. The fourth-order valence-corrected chi connectivity index (χ4v) is 2.53. The number of hydrogen-bond acceptors (Lipinski definition) is 5. The standard InChI is InChI=1S/C14H12N2O2S/c17-9-7-10-3-5-11(6-4-10)18-14-16-12-2-1-8-15-13(12)19-14/h1-6,8,17H,7,9H2. The van der Waals surface area contributed by atoms with E-state index in [1.54, 1.807) is 6.20 Å². The topological polar surface area (TPSA) is 55.2 Å². The van der Waals surface area contributed by atoms with Crippen LogP contribution in [-0.2, 0) is 6.42 Å². The molecule has 2 aromatic heterocycles. The van der Waals surface area contributed by atoms with E-state index in [1.165, 1.54) is 11.3 Å². The Balaban J connectivity index is 1.80. The van der Waals surface area contributed by atoms with Gasteiger partial charge in [0.05, 0.1) is 0 Å². The molecular weight excluding hydrogens is 260 g/mol. The number of nitrogens with zero attached hydrogens (tertiary/aromatic N) is 2. The lowest BCUT2D eigenvalue weighted by atomic mass is 10.1. The van der Waals surface area contributed by atoms with Crippen LogP contribution >= 0.6 is 11.3 Å². The van der Waals surface area contributed by atoms with Crippen LogP contribution in [0.1, 0.15) is 5.56 Å². The molecule has 0 radical (unpaired) electrons. The van der Waals surface area contributed by atoms with E-state index in [0.29, 0.717) is 11.6 Å². The second-order valence-electron chi connectivity index (χ2n) is 4.03. The predicted octanol–water partition coefficient (Wildman–Crippen LogP) is 3.02. The maximum atomic E-state index is 8.86. The van der Waals surface area contributed by atoms with Gasteiger partial charge in [0.15, 0.2) is 0 Å². The van der Waals surface area contributed by atoms with Crippen LogP contribution in [0.5, 0.6) is 10.9 Å². The maximum absolute atomic E-state index is 8.86. The first-order valence-corrected chi connectivity index (χ1v) is 6.76. The van der Waals surface area contributed by atoms with Gasteiger partial charge in [0, 0.05) is 12.8 Å². The molecule has 1 aromatic carbocycles. The van der Waals surface area contributed by atoms with Gasteiger partial charge in [0.2, 0.25) is 0 Å². The number of benzene rings is 1. The Hall–Kier alpha value is -1.98. The van der Waals surface area contributed by atoms with E-state index >= 15 is 0 Å². The largest absolute Gasteiger partial charge is 0.431 e. The fourth-order valence-electron chi connectivity index (χ4n) is 1.75. The van der Waals surface area contributed by atoms with E-state index in [0.717, 1.165) is 21.7 Å². The van der Waals surface area contributed by atoms with Gasteiger partial charge >= 0.3 is 0 Å². The number of ether oxygens (including phenoxy) is 1. The van der Waals surface area contributed by atoms with Crippen LogP contribution in [0.4, 0.5) is 0 Å². The molecule has 0 saturated carbocycles. The summed E-state index contributed by atoms with van der Waals surface area (Å²) in [5.74, 6) is 0.737. The van der Waals surface area contributed by atoms with Crippen LogP contribution in [-0.4, -0.2) is 21.7 Å². The lowest BCUT2D eigenvalue weighted by Gasteiger charge is -2.02. The highest BCUT2D eigenvalue weighted by Crippen LogP contribution is 2.29. The van der Waals surface area contributed by atoms with Gasteiger partial charge in [-0.15, -0.1) is 0 Å². The number of aliphatic hydroxyl groups excluding tert-OH is 1. The fraction of sp³-hybridized carbons (Fsp3) is 0.143. The van der Waals surface area contributed by atoms with Gasteiger partial charge in [-0.3, -0.25) is 0 Å². The van der Waals surface area contributed by atoms with Crippen LogP contribution in [0.3, 0.4) is 0 Å². The quantitative estimate of drug-likeness (QED) is 0.793. The summed E-state index contributed by atoms with van der Waals surface area (Å²) in [4.78, 5) is 9.46. The Labute approximate surface area is 114 Å². The van der Waals surface area contributed by atoms with Crippen LogP contribution < -0.4 is 4.74 Å². The number of rotatable bonds is 4. The summed E-state index contributed by atoms with van der Waals surface area (Å²) in [5, 5.41) is 9.44. The molecule has 0 aliphatic heterocycles. The molecular formula is C14H12N2O2S. The number of hydrogen-bond donors (Lipinski definition) is 1. The molecule has 0 saturated heterocycles. The van der Waals surface area contributed by atoms with Crippen molar-refractivity contribution < 1.29 is 9.84 Å². The van der Waals surface area contributed by atoms with Gasteiger partial charge in [0.25, 0.3) is 5.19 Å². The molecule has 0 unspecified atom stereocenters. The number of thiazole rings is 1. The summed E-state index contributed by atoms with van der Waals surface area (Å²) in [6.45, 7) is 0.156. The third-order valence-electron chi connectivity index (χ3n) is 2.68. The average molecular weight is 272 g/mol. The minimum atomic E-state index is 0.156. The zero-order chi connectivity index (χ0) is 13.1. The minimum absolute atomic E-state index is 0.156. The van der Waals surface area contributed by atoms with E-state index in [1.807, 2.05) is 36.4 Å². The van der Waals surface area contributed by atoms with Crippen LogP contribution in [0.15, 0.2) is 42.6 Å². The summed E-state index contributed by atoms with van der Waals surface area (Å²) >= 11 is 1.42. The highest BCUT2D eigenvalue weighted by Gasteiger charge is 2.06. The highest BCUT2D eigenvalue weighted by atomic mass is 32.1. The van der Waals surface area contributed by atoms with Crippen molar-refractivity contribution in [2.45, 2.75) is 6.42 Å². The molecule has 4 nitrogen and oxygen atoms in total. The van der Waals surface area contributed by atoms with E-state index in [-0.39, 0.29) is 6.61 Å². The molecule has 0 aliphatic rings. The normalized spacial score (nSPS) is 10.8. The van der Waals surface area contributed by atoms with Gasteiger partial charge in [-0.1, -0.05) is 23.5 Å². The molecule has 0 amide bonds. The third kappa shape index (κ3) is 2.72. The third-order valence-corrected chi connectivity index (χ3v) is 3.53.